The number of hydrogen-bond donors (Lipinski definition) is 2. The second kappa shape index (κ2) is 17.0. The highest BCUT2D eigenvalue weighted by molar-refractivity contribution is 5.91. The molecule has 0 atom stereocenters. The standard InChI is InChI=1S/C29H39N3O4/c1-3-4-5-6-7-8-9-10-11-12-27(33)30-22-28(34)32-31-21-24-15-19-26(20-16-24)36-29(35)25-17-13-23(2)14-18-25/h13-21H,3-12,22H2,1-2H3,(H,30,33)(H,32,34)/b31-21+. The molecule has 2 rings (SSSR count). The molecule has 2 amide bonds. The summed E-state index contributed by atoms with van der Waals surface area (Å²) in [6.07, 6.45) is 12.7. The summed E-state index contributed by atoms with van der Waals surface area (Å²) in [6.45, 7) is 4.06. The Morgan fingerprint density at radius 3 is 2.06 bits per heavy atom. The van der Waals surface area contributed by atoms with Gasteiger partial charge in [0, 0.05) is 6.42 Å². The molecule has 2 aromatic rings. The van der Waals surface area contributed by atoms with Crippen LogP contribution in [0.25, 0.3) is 0 Å². The highest BCUT2D eigenvalue weighted by Gasteiger charge is 2.08. The predicted molar refractivity (Wildman–Crippen MR) is 143 cm³/mol. The summed E-state index contributed by atoms with van der Waals surface area (Å²) in [6, 6.07) is 13.9. The van der Waals surface area contributed by atoms with Crippen molar-refractivity contribution in [1.82, 2.24) is 10.7 Å². The van der Waals surface area contributed by atoms with E-state index in [0.717, 1.165) is 30.4 Å². The molecule has 7 nitrogen and oxygen atoms in total. The van der Waals surface area contributed by atoms with Gasteiger partial charge in [-0.05, 0) is 55.3 Å². The van der Waals surface area contributed by atoms with E-state index in [9.17, 15) is 14.4 Å². The molecule has 0 aliphatic rings. The summed E-state index contributed by atoms with van der Waals surface area (Å²) >= 11 is 0. The van der Waals surface area contributed by atoms with E-state index in [1.165, 1.54) is 44.7 Å². The zero-order chi connectivity index (χ0) is 26.0. The Morgan fingerprint density at radius 1 is 0.806 bits per heavy atom. The Kier molecular flexibility index (Phi) is 13.6. The van der Waals surface area contributed by atoms with Crippen molar-refractivity contribution in [1.29, 1.82) is 0 Å². The zero-order valence-corrected chi connectivity index (χ0v) is 21.6. The maximum absolute atomic E-state index is 12.2. The van der Waals surface area contributed by atoms with Gasteiger partial charge in [0.15, 0.2) is 0 Å². The molecule has 2 aromatic carbocycles. The van der Waals surface area contributed by atoms with Crippen LogP contribution in [0.15, 0.2) is 53.6 Å². The molecule has 0 bridgehead atoms. The normalized spacial score (nSPS) is 10.8. The van der Waals surface area contributed by atoms with Crippen LogP contribution >= 0.6 is 0 Å². The molecule has 2 N–H and O–H groups in total. The second-order valence-electron chi connectivity index (χ2n) is 8.97. The van der Waals surface area contributed by atoms with E-state index >= 15 is 0 Å². The number of nitrogens with one attached hydrogen (secondary N) is 2. The lowest BCUT2D eigenvalue weighted by Crippen LogP contribution is -2.34. The number of nitrogens with zero attached hydrogens (tertiary/aromatic N) is 1. The van der Waals surface area contributed by atoms with Crippen LogP contribution in [-0.2, 0) is 9.59 Å². The quantitative estimate of drug-likeness (QED) is 0.103. The van der Waals surface area contributed by atoms with Gasteiger partial charge in [0.1, 0.15) is 5.75 Å². The molecule has 0 unspecified atom stereocenters. The van der Waals surface area contributed by atoms with Crippen molar-refractivity contribution in [2.75, 3.05) is 6.54 Å². The average Bonchev–Trinajstić information content (AvgIpc) is 2.88. The molecule has 36 heavy (non-hydrogen) atoms. The van der Waals surface area contributed by atoms with Crippen LogP contribution in [0, 0.1) is 6.92 Å². The summed E-state index contributed by atoms with van der Waals surface area (Å²) in [5, 5.41) is 6.53. The van der Waals surface area contributed by atoms with Crippen molar-refractivity contribution in [3.8, 4) is 5.75 Å². The first kappa shape index (κ1) is 28.8. The van der Waals surface area contributed by atoms with Crippen LogP contribution in [0.1, 0.15) is 92.6 Å². The molecule has 0 heterocycles. The molecule has 0 fully saturated rings. The fraction of sp³-hybridized carbons (Fsp3) is 0.448. The first-order valence-electron chi connectivity index (χ1n) is 13.0. The summed E-state index contributed by atoms with van der Waals surface area (Å²) < 4.78 is 5.36. The lowest BCUT2D eigenvalue weighted by atomic mass is 10.1. The van der Waals surface area contributed by atoms with E-state index in [-0.39, 0.29) is 12.5 Å². The molecular formula is C29H39N3O4. The number of ether oxygens (including phenoxy) is 1. The number of unbranched alkanes of at least 4 members (excludes halogenated alkanes) is 8. The summed E-state index contributed by atoms with van der Waals surface area (Å²) in [5.41, 5.74) is 4.67. The van der Waals surface area contributed by atoms with E-state index < -0.39 is 11.9 Å². The van der Waals surface area contributed by atoms with Crippen molar-refractivity contribution < 1.29 is 19.1 Å². The fourth-order valence-electron chi connectivity index (χ4n) is 3.56. The van der Waals surface area contributed by atoms with Crippen LogP contribution in [0.3, 0.4) is 0 Å². The number of hydrazone groups is 1. The molecule has 0 aliphatic heterocycles. The van der Waals surface area contributed by atoms with Gasteiger partial charge in [0.2, 0.25) is 5.91 Å². The molecule has 194 valence electrons. The van der Waals surface area contributed by atoms with Gasteiger partial charge in [-0.25, -0.2) is 10.2 Å². The predicted octanol–water partition coefficient (Wildman–Crippen LogP) is 5.70. The largest absolute Gasteiger partial charge is 0.423 e. The summed E-state index contributed by atoms with van der Waals surface area (Å²) in [7, 11) is 0. The maximum atomic E-state index is 12.2. The molecule has 0 saturated heterocycles. The summed E-state index contributed by atoms with van der Waals surface area (Å²) in [5.74, 6) is -0.525. The first-order valence-corrected chi connectivity index (χ1v) is 13.0. The SMILES string of the molecule is CCCCCCCCCCCC(=O)NCC(=O)N/N=C/c1ccc(OC(=O)c2ccc(C)cc2)cc1. The Balaban J connectivity index is 1.58. The number of rotatable bonds is 16. The smallest absolute Gasteiger partial charge is 0.343 e. The van der Waals surface area contributed by atoms with E-state index in [1.807, 2.05) is 19.1 Å². The van der Waals surface area contributed by atoms with Crippen LogP contribution in [-0.4, -0.2) is 30.5 Å². The number of esters is 1. The monoisotopic (exact) mass is 493 g/mol. The van der Waals surface area contributed by atoms with Gasteiger partial charge in [-0.2, -0.15) is 5.10 Å². The van der Waals surface area contributed by atoms with Crippen LogP contribution < -0.4 is 15.5 Å². The molecule has 7 heteroatoms. The Morgan fingerprint density at radius 2 is 1.42 bits per heavy atom. The minimum atomic E-state index is -0.427. The zero-order valence-electron chi connectivity index (χ0n) is 21.6. The third-order valence-corrected chi connectivity index (χ3v) is 5.73. The van der Waals surface area contributed by atoms with Crippen LogP contribution in [0.2, 0.25) is 0 Å². The second-order valence-corrected chi connectivity index (χ2v) is 8.97. The molecular weight excluding hydrogens is 454 g/mol. The van der Waals surface area contributed by atoms with Gasteiger partial charge in [-0.3, -0.25) is 9.59 Å². The topological polar surface area (TPSA) is 96.9 Å². The van der Waals surface area contributed by atoms with E-state index in [4.69, 9.17) is 4.74 Å². The number of aryl methyl sites for hydroxylation is 1. The van der Waals surface area contributed by atoms with Gasteiger partial charge in [-0.1, -0.05) is 76.0 Å². The van der Waals surface area contributed by atoms with Gasteiger partial charge in [-0.15, -0.1) is 0 Å². The Hall–Kier alpha value is -3.48. The van der Waals surface area contributed by atoms with Gasteiger partial charge >= 0.3 is 5.97 Å². The number of benzene rings is 2. The molecule has 0 saturated carbocycles. The van der Waals surface area contributed by atoms with Gasteiger partial charge in [0.05, 0.1) is 18.3 Å². The molecule has 0 spiro atoms. The lowest BCUT2D eigenvalue weighted by Gasteiger charge is -2.05. The molecule has 0 aromatic heterocycles. The van der Waals surface area contributed by atoms with Crippen molar-refractivity contribution in [3.05, 3.63) is 65.2 Å². The first-order chi connectivity index (χ1) is 17.5. The van der Waals surface area contributed by atoms with Crippen molar-refractivity contribution in [2.45, 2.75) is 78.1 Å². The van der Waals surface area contributed by atoms with Crippen molar-refractivity contribution in [3.63, 3.8) is 0 Å². The number of amides is 2. The maximum Gasteiger partial charge on any atom is 0.343 e. The Bertz CT molecular complexity index is 969. The molecule has 0 aliphatic carbocycles. The minimum Gasteiger partial charge on any atom is -0.423 e. The fourth-order valence-corrected chi connectivity index (χ4v) is 3.56. The number of carbonyl (C=O) groups is 3. The average molecular weight is 494 g/mol. The number of hydrogen-bond acceptors (Lipinski definition) is 5. The molecule has 0 radical (unpaired) electrons. The third kappa shape index (κ3) is 12.3. The summed E-state index contributed by atoms with van der Waals surface area (Å²) in [4.78, 5) is 36.0. The number of carbonyl (C=O) groups excluding carboxylic acids is 3. The van der Waals surface area contributed by atoms with Crippen molar-refractivity contribution >= 4 is 24.0 Å². The van der Waals surface area contributed by atoms with E-state index in [0.29, 0.717) is 17.7 Å². The lowest BCUT2D eigenvalue weighted by molar-refractivity contribution is -0.126. The Labute approximate surface area is 214 Å². The third-order valence-electron chi connectivity index (χ3n) is 5.73. The van der Waals surface area contributed by atoms with Crippen molar-refractivity contribution in [2.24, 2.45) is 5.10 Å². The highest BCUT2D eigenvalue weighted by atomic mass is 16.5. The van der Waals surface area contributed by atoms with Crippen LogP contribution in [0.4, 0.5) is 0 Å². The van der Waals surface area contributed by atoms with Crippen LogP contribution in [0.5, 0.6) is 5.75 Å². The van der Waals surface area contributed by atoms with E-state index in [1.54, 1.807) is 36.4 Å². The van der Waals surface area contributed by atoms with E-state index in [2.05, 4.69) is 22.8 Å². The van der Waals surface area contributed by atoms with Gasteiger partial charge in [0.25, 0.3) is 5.91 Å². The highest BCUT2D eigenvalue weighted by Crippen LogP contribution is 2.14. The minimum absolute atomic E-state index is 0.110. The van der Waals surface area contributed by atoms with Gasteiger partial charge < -0.3 is 10.1 Å².